The van der Waals surface area contributed by atoms with Crippen LogP contribution in [0.1, 0.15) is 32.9 Å². The van der Waals surface area contributed by atoms with Gasteiger partial charge in [-0.05, 0) is 63.7 Å². The average Bonchev–Trinajstić information content (AvgIpc) is 3.49. The molecule has 0 unspecified atom stereocenters. The van der Waals surface area contributed by atoms with E-state index in [1.165, 1.54) is 28.1 Å². The lowest BCUT2D eigenvalue weighted by Gasteiger charge is -2.18. The molecule has 1 amide bonds. The number of thioether (sulfide) groups is 1. The van der Waals surface area contributed by atoms with Gasteiger partial charge in [-0.15, -0.1) is 11.3 Å². The summed E-state index contributed by atoms with van der Waals surface area (Å²) in [5, 5.41) is 13.9. The molecule has 0 fully saturated rings. The van der Waals surface area contributed by atoms with Crippen molar-refractivity contribution in [2.75, 3.05) is 10.0 Å². The molecule has 2 aliphatic heterocycles. The Morgan fingerprint density at radius 3 is 2.18 bits per heavy atom. The molecule has 0 N–H and O–H groups in total. The number of amides is 1. The Morgan fingerprint density at radius 2 is 1.53 bits per heavy atom. The molecule has 2 aliphatic rings. The topological polar surface area (TPSA) is 78.2 Å². The molecule has 3 aromatic rings. The maximum Gasteiger partial charge on any atom is 0.283 e. The van der Waals surface area contributed by atoms with Gasteiger partial charge in [-0.25, -0.2) is 9.99 Å². The summed E-state index contributed by atoms with van der Waals surface area (Å²) < 4.78 is 0. The number of carbonyl (C=O) groups excluding carboxylic acids is 2. The van der Waals surface area contributed by atoms with Gasteiger partial charge in [0.1, 0.15) is 9.91 Å². The zero-order valence-electron chi connectivity index (χ0n) is 19.1. The van der Waals surface area contributed by atoms with Gasteiger partial charge < -0.3 is 0 Å². The monoisotopic (exact) mass is 487 g/mol. The first-order chi connectivity index (χ1) is 16.3. The molecule has 0 bridgehead atoms. The standard InChI is InChI=1S/C25H21N5O2S2/c1-14-10-12-19(13-11-14)30-25(34-23(28-30)21(31)22-16(3)26-17(4)33-22)20-15(2)27-29(24(20)32)18-8-6-5-7-9-18/h5-13H,1-4H3/b25-20+. The van der Waals surface area contributed by atoms with E-state index in [1.807, 2.05) is 75.4 Å². The van der Waals surface area contributed by atoms with Gasteiger partial charge in [0.05, 0.1) is 33.4 Å². The fourth-order valence-corrected chi connectivity index (χ4v) is 5.73. The third-order valence-electron chi connectivity index (χ3n) is 5.39. The van der Waals surface area contributed by atoms with Crippen molar-refractivity contribution >= 4 is 56.9 Å². The molecule has 0 radical (unpaired) electrons. The van der Waals surface area contributed by atoms with Crippen molar-refractivity contribution in [3.8, 4) is 0 Å². The zero-order valence-corrected chi connectivity index (χ0v) is 20.7. The van der Waals surface area contributed by atoms with E-state index in [4.69, 9.17) is 0 Å². The number of nitrogens with zero attached hydrogens (tertiary/aromatic N) is 5. The van der Waals surface area contributed by atoms with Crippen LogP contribution in [-0.2, 0) is 4.79 Å². The SMILES string of the molecule is CC1=NN(c2ccccc2)C(=O)/C1=C1/SC(C(=O)c2sc(C)nc2C)=NN1c1ccc(C)cc1. The number of anilines is 2. The van der Waals surface area contributed by atoms with Crippen molar-refractivity contribution in [3.05, 3.63) is 86.3 Å². The third kappa shape index (κ3) is 3.86. The number of carbonyl (C=O) groups is 2. The average molecular weight is 488 g/mol. The maximum atomic E-state index is 13.5. The summed E-state index contributed by atoms with van der Waals surface area (Å²) in [4.78, 5) is 31.8. The number of aryl methyl sites for hydroxylation is 3. The predicted octanol–water partition coefficient (Wildman–Crippen LogP) is 5.45. The van der Waals surface area contributed by atoms with Gasteiger partial charge in [0.15, 0.2) is 5.04 Å². The van der Waals surface area contributed by atoms with Crippen LogP contribution >= 0.6 is 23.1 Å². The van der Waals surface area contributed by atoms with Crippen molar-refractivity contribution in [3.63, 3.8) is 0 Å². The van der Waals surface area contributed by atoms with Crippen LogP contribution in [0.15, 0.2) is 75.4 Å². The molecule has 2 aromatic carbocycles. The van der Waals surface area contributed by atoms with E-state index in [0.717, 1.165) is 16.3 Å². The number of benzene rings is 2. The van der Waals surface area contributed by atoms with E-state index < -0.39 is 0 Å². The van der Waals surface area contributed by atoms with E-state index in [1.54, 1.807) is 11.9 Å². The second-order valence-electron chi connectivity index (χ2n) is 7.95. The molecule has 3 heterocycles. The van der Waals surface area contributed by atoms with Gasteiger partial charge in [-0.2, -0.15) is 15.2 Å². The van der Waals surface area contributed by atoms with Gasteiger partial charge >= 0.3 is 0 Å². The lowest BCUT2D eigenvalue weighted by molar-refractivity contribution is -0.114. The first kappa shape index (κ1) is 22.2. The molecule has 1 aromatic heterocycles. The molecule has 0 saturated carbocycles. The van der Waals surface area contributed by atoms with Crippen LogP contribution in [0.4, 0.5) is 11.4 Å². The summed E-state index contributed by atoms with van der Waals surface area (Å²) in [5.41, 5.74) is 4.23. The molecule has 34 heavy (non-hydrogen) atoms. The molecule has 0 spiro atoms. The number of para-hydroxylation sites is 1. The van der Waals surface area contributed by atoms with Crippen molar-refractivity contribution in [1.82, 2.24) is 4.98 Å². The van der Waals surface area contributed by atoms with Crippen LogP contribution in [0.5, 0.6) is 0 Å². The third-order valence-corrected chi connectivity index (χ3v) is 7.49. The summed E-state index contributed by atoms with van der Waals surface area (Å²) in [6.07, 6.45) is 0. The van der Waals surface area contributed by atoms with Crippen molar-refractivity contribution < 1.29 is 9.59 Å². The largest absolute Gasteiger partial charge is 0.285 e. The smallest absolute Gasteiger partial charge is 0.283 e. The minimum absolute atomic E-state index is 0.194. The number of rotatable bonds is 4. The molecule has 7 nitrogen and oxygen atoms in total. The predicted molar refractivity (Wildman–Crippen MR) is 139 cm³/mol. The van der Waals surface area contributed by atoms with E-state index in [2.05, 4.69) is 15.2 Å². The first-order valence-corrected chi connectivity index (χ1v) is 12.3. The first-order valence-electron chi connectivity index (χ1n) is 10.6. The maximum absolute atomic E-state index is 13.5. The minimum atomic E-state index is -0.253. The highest BCUT2D eigenvalue weighted by molar-refractivity contribution is 8.19. The molecule has 0 saturated heterocycles. The quantitative estimate of drug-likeness (QED) is 0.361. The lowest BCUT2D eigenvalue weighted by Crippen LogP contribution is -2.24. The van der Waals surface area contributed by atoms with Gasteiger partial charge in [-0.1, -0.05) is 35.9 Å². The van der Waals surface area contributed by atoms with Crippen LogP contribution in [0.2, 0.25) is 0 Å². The number of ketones is 1. The van der Waals surface area contributed by atoms with Crippen molar-refractivity contribution in [2.45, 2.75) is 27.7 Å². The number of hydrogen-bond acceptors (Lipinski definition) is 8. The molecule has 0 atom stereocenters. The number of Topliss-reactive ketones (excluding diaryl/α,β-unsaturated/α-hetero) is 1. The summed E-state index contributed by atoms with van der Waals surface area (Å²) in [7, 11) is 0. The molecule has 5 rings (SSSR count). The van der Waals surface area contributed by atoms with Gasteiger partial charge in [-0.3, -0.25) is 9.59 Å². The van der Waals surface area contributed by atoms with Crippen LogP contribution in [0.3, 0.4) is 0 Å². The fraction of sp³-hybridized carbons (Fsp3) is 0.160. The highest BCUT2D eigenvalue weighted by Gasteiger charge is 2.39. The van der Waals surface area contributed by atoms with Crippen LogP contribution in [0.25, 0.3) is 0 Å². The van der Waals surface area contributed by atoms with Gasteiger partial charge in [0.2, 0.25) is 5.78 Å². The summed E-state index contributed by atoms with van der Waals surface area (Å²) in [5.74, 6) is -0.446. The Kier molecular flexibility index (Phi) is 5.66. The van der Waals surface area contributed by atoms with Crippen molar-refractivity contribution in [1.29, 1.82) is 0 Å². The van der Waals surface area contributed by atoms with E-state index in [-0.39, 0.29) is 11.7 Å². The van der Waals surface area contributed by atoms with E-state index in [0.29, 0.717) is 37.6 Å². The fourth-order valence-electron chi connectivity index (χ4n) is 3.74. The van der Waals surface area contributed by atoms with E-state index in [9.17, 15) is 9.59 Å². The highest BCUT2D eigenvalue weighted by atomic mass is 32.2. The minimum Gasteiger partial charge on any atom is -0.285 e. The Hall–Kier alpha value is -3.56. The van der Waals surface area contributed by atoms with Gasteiger partial charge in [0.25, 0.3) is 5.91 Å². The highest BCUT2D eigenvalue weighted by Crippen LogP contribution is 2.41. The van der Waals surface area contributed by atoms with Gasteiger partial charge in [0, 0.05) is 0 Å². The van der Waals surface area contributed by atoms with Crippen LogP contribution in [0, 0.1) is 20.8 Å². The van der Waals surface area contributed by atoms with Crippen LogP contribution in [-0.4, -0.2) is 27.4 Å². The second-order valence-corrected chi connectivity index (χ2v) is 10.1. The molecular weight excluding hydrogens is 466 g/mol. The lowest BCUT2D eigenvalue weighted by atomic mass is 10.1. The van der Waals surface area contributed by atoms with Crippen molar-refractivity contribution in [2.24, 2.45) is 10.2 Å². The Labute approximate surface area is 205 Å². The summed E-state index contributed by atoms with van der Waals surface area (Å²) >= 11 is 2.55. The number of hydrazone groups is 2. The summed E-state index contributed by atoms with van der Waals surface area (Å²) in [6.45, 7) is 7.50. The molecule has 9 heteroatoms. The van der Waals surface area contributed by atoms with Crippen LogP contribution < -0.4 is 10.0 Å². The zero-order chi connectivity index (χ0) is 24.0. The Morgan fingerprint density at radius 1 is 0.853 bits per heavy atom. The summed E-state index contributed by atoms with van der Waals surface area (Å²) in [6, 6.07) is 17.1. The van der Waals surface area contributed by atoms with E-state index >= 15 is 0 Å². The molecule has 0 aliphatic carbocycles. The number of thiazole rings is 1. The normalized spacial score (nSPS) is 17.9. The Balaban J connectivity index is 1.59. The number of hydrogen-bond donors (Lipinski definition) is 0. The number of aromatic nitrogens is 1. The molecule has 170 valence electrons. The second kappa shape index (κ2) is 8.66. The Bertz CT molecular complexity index is 1400. The molecular formula is C25H21N5O2S2.